The summed E-state index contributed by atoms with van der Waals surface area (Å²) in [6.45, 7) is 3.77. The van der Waals surface area contributed by atoms with Gasteiger partial charge in [-0.3, -0.25) is 0 Å². The lowest BCUT2D eigenvalue weighted by molar-refractivity contribution is 0.0669. The first-order valence-electron chi connectivity index (χ1n) is 9.06. The Labute approximate surface area is 149 Å². The van der Waals surface area contributed by atoms with Crippen molar-refractivity contribution in [3.8, 4) is 0 Å². The average Bonchev–Trinajstić information content (AvgIpc) is 2.64. The molecule has 2 aromatic carbocycles. The van der Waals surface area contributed by atoms with Gasteiger partial charge in [-0.15, -0.1) is 0 Å². The summed E-state index contributed by atoms with van der Waals surface area (Å²) in [5.41, 5.74) is 2.71. The van der Waals surface area contributed by atoms with E-state index in [0.717, 1.165) is 17.4 Å². The van der Waals surface area contributed by atoms with Crippen molar-refractivity contribution in [1.82, 2.24) is 10.2 Å². The van der Waals surface area contributed by atoms with Crippen LogP contribution in [0.4, 0.5) is 0 Å². The summed E-state index contributed by atoms with van der Waals surface area (Å²) in [4.78, 5) is 2.61. The summed E-state index contributed by atoms with van der Waals surface area (Å²) in [7, 11) is 0. The Kier molecular flexibility index (Phi) is 4.88. The molecule has 3 fully saturated rings. The lowest BCUT2D eigenvalue weighted by Crippen LogP contribution is -2.56. The summed E-state index contributed by atoms with van der Waals surface area (Å²) in [5.74, 6) is 0.834. The van der Waals surface area contributed by atoms with Gasteiger partial charge in [0.1, 0.15) is 0 Å². The first-order valence-corrected chi connectivity index (χ1v) is 9.43. The fourth-order valence-electron chi connectivity index (χ4n) is 4.23. The van der Waals surface area contributed by atoms with Crippen molar-refractivity contribution in [3.63, 3.8) is 0 Å². The Bertz CT molecular complexity index is 647. The molecule has 0 amide bonds. The van der Waals surface area contributed by atoms with E-state index in [1.165, 1.54) is 43.6 Å². The Hall–Kier alpha value is -1.35. The molecule has 2 nitrogen and oxygen atoms in total. The minimum Gasteiger partial charge on any atom is -0.305 e. The second-order valence-electron chi connectivity index (χ2n) is 7.21. The van der Waals surface area contributed by atoms with E-state index in [1.54, 1.807) is 0 Å². The van der Waals surface area contributed by atoms with Gasteiger partial charge in [0.15, 0.2) is 0 Å². The molecule has 3 aliphatic heterocycles. The Balaban J connectivity index is 1.54. The highest BCUT2D eigenvalue weighted by molar-refractivity contribution is 6.30. The molecule has 2 atom stereocenters. The third-order valence-electron chi connectivity index (χ3n) is 5.63. The van der Waals surface area contributed by atoms with E-state index in [4.69, 9.17) is 11.6 Å². The number of hydrogen-bond donors (Lipinski definition) is 1. The molecule has 3 aliphatic rings. The van der Waals surface area contributed by atoms with E-state index in [1.807, 2.05) is 12.1 Å². The van der Waals surface area contributed by atoms with Crippen LogP contribution in [0.1, 0.15) is 30.0 Å². The van der Waals surface area contributed by atoms with Crippen LogP contribution in [0.5, 0.6) is 0 Å². The van der Waals surface area contributed by atoms with Gasteiger partial charge >= 0.3 is 0 Å². The minimum atomic E-state index is 0.343. The van der Waals surface area contributed by atoms with Crippen molar-refractivity contribution in [2.45, 2.75) is 31.3 Å². The van der Waals surface area contributed by atoms with Crippen molar-refractivity contribution in [2.75, 3.05) is 19.6 Å². The van der Waals surface area contributed by atoms with Gasteiger partial charge < -0.3 is 10.2 Å². The van der Waals surface area contributed by atoms with E-state index in [0.29, 0.717) is 12.1 Å². The fraction of sp³-hybridized carbons (Fsp3) is 0.429. The molecule has 24 heavy (non-hydrogen) atoms. The first-order chi connectivity index (χ1) is 11.8. The van der Waals surface area contributed by atoms with Crippen LogP contribution in [-0.4, -0.2) is 30.6 Å². The highest BCUT2D eigenvalue weighted by Gasteiger charge is 2.35. The largest absolute Gasteiger partial charge is 0.305 e. The van der Waals surface area contributed by atoms with Gasteiger partial charge in [0.2, 0.25) is 0 Å². The zero-order valence-corrected chi connectivity index (χ0v) is 14.8. The van der Waals surface area contributed by atoms with Gasteiger partial charge in [-0.05, 0) is 61.5 Å². The number of nitrogens with zero attached hydrogens (tertiary/aromatic N) is 1. The average molecular weight is 341 g/mol. The summed E-state index contributed by atoms with van der Waals surface area (Å²) < 4.78 is 0. The summed E-state index contributed by atoms with van der Waals surface area (Å²) >= 11 is 6.09. The Morgan fingerprint density at radius 1 is 1.00 bits per heavy atom. The predicted molar refractivity (Wildman–Crippen MR) is 100 cm³/mol. The van der Waals surface area contributed by atoms with Crippen molar-refractivity contribution in [2.24, 2.45) is 5.92 Å². The van der Waals surface area contributed by atoms with Gasteiger partial charge in [0, 0.05) is 23.7 Å². The van der Waals surface area contributed by atoms with Gasteiger partial charge in [-0.2, -0.15) is 0 Å². The van der Waals surface area contributed by atoms with Gasteiger partial charge in [-0.25, -0.2) is 0 Å². The van der Waals surface area contributed by atoms with Crippen LogP contribution < -0.4 is 5.32 Å². The second-order valence-corrected chi connectivity index (χ2v) is 7.64. The number of fused-ring (bicyclic) bond motifs is 3. The smallest absolute Gasteiger partial charge is 0.0406 e. The normalized spacial score (nSPS) is 27.1. The third kappa shape index (κ3) is 3.66. The molecule has 5 rings (SSSR count). The maximum Gasteiger partial charge on any atom is 0.0406 e. The summed E-state index contributed by atoms with van der Waals surface area (Å²) in [6, 6.07) is 20.1. The molecule has 0 radical (unpaired) electrons. The SMILES string of the molecule is Clc1ccc([C@@H](Cc2ccccc2)N[C@H]2CN3CCC2CC3)cc1. The van der Waals surface area contributed by atoms with E-state index in [9.17, 15) is 0 Å². The molecular formula is C21H25ClN2. The van der Waals surface area contributed by atoms with E-state index < -0.39 is 0 Å². The van der Waals surface area contributed by atoms with Crippen molar-refractivity contribution in [1.29, 1.82) is 0 Å². The lowest BCUT2D eigenvalue weighted by atomic mass is 9.83. The lowest BCUT2D eigenvalue weighted by Gasteiger charge is -2.46. The maximum absolute atomic E-state index is 6.09. The molecule has 3 heterocycles. The number of benzene rings is 2. The number of halogens is 1. The van der Waals surface area contributed by atoms with Gasteiger partial charge in [0.05, 0.1) is 0 Å². The fourth-order valence-corrected chi connectivity index (χ4v) is 4.36. The standard InChI is InChI=1S/C21H25ClN2/c22-19-8-6-17(7-9-19)20(14-16-4-2-1-3-5-16)23-21-15-24-12-10-18(21)11-13-24/h1-9,18,20-21,23H,10-15H2/t20-,21+/m1/s1. The van der Waals surface area contributed by atoms with Crippen LogP contribution in [0, 0.1) is 5.92 Å². The quantitative estimate of drug-likeness (QED) is 0.872. The number of nitrogens with one attached hydrogen (secondary N) is 1. The van der Waals surface area contributed by atoms with Crippen LogP contribution in [-0.2, 0) is 6.42 Å². The second kappa shape index (κ2) is 7.26. The molecule has 0 spiro atoms. The molecule has 3 saturated heterocycles. The number of hydrogen-bond acceptors (Lipinski definition) is 2. The van der Waals surface area contributed by atoms with Crippen LogP contribution >= 0.6 is 11.6 Å². The molecule has 126 valence electrons. The van der Waals surface area contributed by atoms with Crippen LogP contribution in [0.2, 0.25) is 5.02 Å². The van der Waals surface area contributed by atoms with Crippen LogP contribution in [0.3, 0.4) is 0 Å². The Morgan fingerprint density at radius 2 is 1.71 bits per heavy atom. The topological polar surface area (TPSA) is 15.3 Å². The molecule has 0 saturated carbocycles. The van der Waals surface area contributed by atoms with Crippen molar-refractivity contribution in [3.05, 3.63) is 70.7 Å². The van der Waals surface area contributed by atoms with Crippen molar-refractivity contribution >= 4 is 11.6 Å². The summed E-state index contributed by atoms with van der Waals surface area (Å²) in [5, 5.41) is 4.79. The van der Waals surface area contributed by atoms with E-state index in [2.05, 4.69) is 52.7 Å². The van der Waals surface area contributed by atoms with Crippen LogP contribution in [0.15, 0.2) is 54.6 Å². The molecule has 2 aromatic rings. The zero-order chi connectivity index (χ0) is 16.4. The molecule has 2 bridgehead atoms. The molecule has 0 unspecified atom stereocenters. The zero-order valence-electron chi connectivity index (χ0n) is 14.0. The number of piperidine rings is 3. The molecule has 0 aromatic heterocycles. The molecule has 1 N–H and O–H groups in total. The Morgan fingerprint density at radius 3 is 2.33 bits per heavy atom. The molecular weight excluding hydrogens is 316 g/mol. The van der Waals surface area contributed by atoms with E-state index in [-0.39, 0.29) is 0 Å². The summed E-state index contributed by atoms with van der Waals surface area (Å²) in [6.07, 6.45) is 3.71. The third-order valence-corrected chi connectivity index (χ3v) is 5.88. The molecule has 3 heteroatoms. The van der Waals surface area contributed by atoms with Gasteiger partial charge in [0.25, 0.3) is 0 Å². The minimum absolute atomic E-state index is 0.343. The van der Waals surface area contributed by atoms with Crippen LogP contribution in [0.25, 0.3) is 0 Å². The molecule has 0 aliphatic carbocycles. The first kappa shape index (κ1) is 16.1. The maximum atomic E-state index is 6.09. The number of rotatable bonds is 5. The monoisotopic (exact) mass is 340 g/mol. The highest BCUT2D eigenvalue weighted by atomic mass is 35.5. The predicted octanol–water partition coefficient (Wildman–Crippen LogP) is 4.31. The van der Waals surface area contributed by atoms with Crippen molar-refractivity contribution < 1.29 is 0 Å². The van der Waals surface area contributed by atoms with Gasteiger partial charge in [-0.1, -0.05) is 54.1 Å². The highest BCUT2D eigenvalue weighted by Crippen LogP contribution is 2.30. The van der Waals surface area contributed by atoms with E-state index >= 15 is 0 Å².